The average molecular weight is 243 g/mol. The predicted octanol–water partition coefficient (Wildman–Crippen LogP) is 1.39. The Labute approximate surface area is 106 Å². The van der Waals surface area contributed by atoms with E-state index in [-0.39, 0.29) is 0 Å². The van der Waals surface area contributed by atoms with Crippen molar-refractivity contribution in [1.82, 2.24) is 19.9 Å². The van der Waals surface area contributed by atoms with Crippen LogP contribution >= 0.6 is 0 Å². The van der Waals surface area contributed by atoms with Gasteiger partial charge in [0, 0.05) is 25.5 Å². The van der Waals surface area contributed by atoms with Gasteiger partial charge in [-0.05, 0) is 38.1 Å². The molecule has 1 N–H and O–H groups in total. The molecule has 1 fully saturated rings. The number of aromatic nitrogens is 3. The first-order valence-corrected chi connectivity index (χ1v) is 6.31. The summed E-state index contributed by atoms with van der Waals surface area (Å²) in [5.41, 5.74) is 1.54. The molecule has 0 amide bonds. The first-order chi connectivity index (χ1) is 8.81. The van der Waals surface area contributed by atoms with Gasteiger partial charge >= 0.3 is 0 Å². The molecule has 3 rings (SSSR count). The third-order valence-corrected chi connectivity index (χ3v) is 3.39. The van der Waals surface area contributed by atoms with Crippen LogP contribution in [0.3, 0.4) is 0 Å². The SMILES string of the molecule is CN1CCC(CNc2ccc3nccnc3n2)C1. The number of hydrogen-bond donors (Lipinski definition) is 1. The number of rotatable bonds is 3. The summed E-state index contributed by atoms with van der Waals surface area (Å²) in [5.74, 6) is 1.60. The molecule has 2 aromatic heterocycles. The van der Waals surface area contributed by atoms with Crippen LogP contribution in [0.2, 0.25) is 0 Å². The molecular weight excluding hydrogens is 226 g/mol. The number of nitrogens with one attached hydrogen (secondary N) is 1. The van der Waals surface area contributed by atoms with E-state index in [2.05, 4.69) is 32.2 Å². The van der Waals surface area contributed by atoms with Gasteiger partial charge < -0.3 is 10.2 Å². The van der Waals surface area contributed by atoms with Crippen LogP contribution in [-0.2, 0) is 0 Å². The summed E-state index contributed by atoms with van der Waals surface area (Å²) in [6.45, 7) is 3.34. The summed E-state index contributed by atoms with van der Waals surface area (Å²) in [5, 5.41) is 3.39. The number of anilines is 1. The van der Waals surface area contributed by atoms with Gasteiger partial charge in [0.05, 0.1) is 0 Å². The molecule has 1 aliphatic heterocycles. The quantitative estimate of drug-likeness (QED) is 0.883. The Hall–Kier alpha value is -1.75. The van der Waals surface area contributed by atoms with Crippen LogP contribution in [0.1, 0.15) is 6.42 Å². The van der Waals surface area contributed by atoms with Crippen molar-refractivity contribution in [2.45, 2.75) is 6.42 Å². The molecule has 1 atom stereocenters. The van der Waals surface area contributed by atoms with E-state index in [1.54, 1.807) is 12.4 Å². The van der Waals surface area contributed by atoms with Gasteiger partial charge in [-0.1, -0.05) is 0 Å². The Bertz CT molecular complexity index is 542. The smallest absolute Gasteiger partial charge is 0.180 e. The molecule has 0 radical (unpaired) electrons. The summed E-state index contributed by atoms with van der Waals surface area (Å²) in [7, 11) is 2.17. The highest BCUT2D eigenvalue weighted by atomic mass is 15.1. The molecule has 0 aromatic carbocycles. The topological polar surface area (TPSA) is 53.9 Å². The van der Waals surface area contributed by atoms with Crippen LogP contribution in [0.5, 0.6) is 0 Å². The highest BCUT2D eigenvalue weighted by molar-refractivity contribution is 5.71. The zero-order valence-electron chi connectivity index (χ0n) is 10.5. The second-order valence-corrected chi connectivity index (χ2v) is 4.89. The third-order valence-electron chi connectivity index (χ3n) is 3.39. The van der Waals surface area contributed by atoms with Crippen molar-refractivity contribution in [2.75, 3.05) is 32.0 Å². The zero-order valence-corrected chi connectivity index (χ0v) is 10.5. The van der Waals surface area contributed by atoms with Crippen LogP contribution in [0.4, 0.5) is 5.82 Å². The molecule has 18 heavy (non-hydrogen) atoms. The molecule has 0 aliphatic carbocycles. The van der Waals surface area contributed by atoms with Gasteiger partial charge in [-0.15, -0.1) is 0 Å². The van der Waals surface area contributed by atoms with E-state index < -0.39 is 0 Å². The van der Waals surface area contributed by atoms with Crippen molar-refractivity contribution in [2.24, 2.45) is 5.92 Å². The lowest BCUT2D eigenvalue weighted by atomic mass is 10.1. The fourth-order valence-corrected chi connectivity index (χ4v) is 2.39. The van der Waals surface area contributed by atoms with Crippen molar-refractivity contribution in [3.05, 3.63) is 24.5 Å². The molecule has 5 heteroatoms. The van der Waals surface area contributed by atoms with Gasteiger partial charge in [-0.2, -0.15) is 0 Å². The molecule has 0 bridgehead atoms. The van der Waals surface area contributed by atoms with E-state index in [4.69, 9.17) is 0 Å². The Morgan fingerprint density at radius 3 is 3.06 bits per heavy atom. The minimum atomic E-state index is 0.700. The highest BCUT2D eigenvalue weighted by Crippen LogP contribution is 2.16. The van der Waals surface area contributed by atoms with Gasteiger partial charge in [-0.3, -0.25) is 4.98 Å². The maximum absolute atomic E-state index is 4.46. The van der Waals surface area contributed by atoms with Gasteiger partial charge in [0.1, 0.15) is 11.3 Å². The largest absolute Gasteiger partial charge is 0.370 e. The number of hydrogen-bond acceptors (Lipinski definition) is 5. The summed E-state index contributed by atoms with van der Waals surface area (Å²) in [6.07, 6.45) is 4.62. The maximum atomic E-state index is 4.46. The van der Waals surface area contributed by atoms with Crippen LogP contribution in [0.25, 0.3) is 11.2 Å². The third kappa shape index (κ3) is 2.41. The maximum Gasteiger partial charge on any atom is 0.180 e. The average Bonchev–Trinajstić information content (AvgIpc) is 2.82. The fourth-order valence-electron chi connectivity index (χ4n) is 2.39. The monoisotopic (exact) mass is 243 g/mol. The Morgan fingerprint density at radius 1 is 1.33 bits per heavy atom. The zero-order chi connectivity index (χ0) is 12.4. The van der Waals surface area contributed by atoms with E-state index in [1.165, 1.54) is 19.5 Å². The van der Waals surface area contributed by atoms with Crippen molar-refractivity contribution < 1.29 is 0 Å². The van der Waals surface area contributed by atoms with Crippen molar-refractivity contribution >= 4 is 17.0 Å². The van der Waals surface area contributed by atoms with Crippen molar-refractivity contribution in [3.63, 3.8) is 0 Å². The number of fused-ring (bicyclic) bond motifs is 1. The van der Waals surface area contributed by atoms with Crippen LogP contribution < -0.4 is 5.32 Å². The number of likely N-dealkylation sites (tertiary alicyclic amines) is 1. The predicted molar refractivity (Wildman–Crippen MR) is 71.4 cm³/mol. The van der Waals surface area contributed by atoms with E-state index in [1.807, 2.05) is 12.1 Å². The van der Waals surface area contributed by atoms with Gasteiger partial charge in [0.25, 0.3) is 0 Å². The molecule has 1 aliphatic rings. The van der Waals surface area contributed by atoms with Gasteiger partial charge in [0.2, 0.25) is 0 Å². The Kier molecular flexibility index (Phi) is 3.06. The molecule has 0 spiro atoms. The van der Waals surface area contributed by atoms with E-state index in [9.17, 15) is 0 Å². The molecule has 2 aromatic rings. The number of pyridine rings is 1. The number of nitrogens with zero attached hydrogens (tertiary/aromatic N) is 4. The summed E-state index contributed by atoms with van der Waals surface area (Å²) in [6, 6.07) is 3.92. The first kappa shape index (κ1) is 11.3. The molecule has 5 nitrogen and oxygen atoms in total. The van der Waals surface area contributed by atoms with E-state index in [0.29, 0.717) is 11.6 Å². The normalized spacial score (nSPS) is 20.4. The molecule has 0 saturated carbocycles. The molecule has 1 unspecified atom stereocenters. The molecule has 1 saturated heterocycles. The standard InChI is InChI=1S/C13H17N5/c1-18-7-4-10(9-18)8-16-12-3-2-11-13(17-12)15-6-5-14-11/h2-3,5-6,10H,4,7-9H2,1H3,(H,15,16,17). The van der Waals surface area contributed by atoms with Gasteiger partial charge in [-0.25, -0.2) is 9.97 Å². The van der Waals surface area contributed by atoms with Crippen molar-refractivity contribution in [3.8, 4) is 0 Å². The fraction of sp³-hybridized carbons (Fsp3) is 0.462. The second-order valence-electron chi connectivity index (χ2n) is 4.89. The minimum absolute atomic E-state index is 0.700. The first-order valence-electron chi connectivity index (χ1n) is 6.31. The van der Waals surface area contributed by atoms with Crippen LogP contribution in [-0.4, -0.2) is 46.5 Å². The Balaban J connectivity index is 1.67. The van der Waals surface area contributed by atoms with Crippen LogP contribution in [0.15, 0.2) is 24.5 Å². The highest BCUT2D eigenvalue weighted by Gasteiger charge is 2.18. The lowest BCUT2D eigenvalue weighted by Crippen LogP contribution is -2.19. The second kappa shape index (κ2) is 4.86. The van der Waals surface area contributed by atoms with E-state index in [0.717, 1.165) is 17.9 Å². The van der Waals surface area contributed by atoms with Gasteiger partial charge in [0.15, 0.2) is 5.65 Å². The van der Waals surface area contributed by atoms with Crippen molar-refractivity contribution in [1.29, 1.82) is 0 Å². The molecule has 94 valence electrons. The summed E-state index contributed by atoms with van der Waals surface area (Å²) >= 11 is 0. The van der Waals surface area contributed by atoms with E-state index >= 15 is 0 Å². The molecular formula is C13H17N5. The Morgan fingerprint density at radius 2 is 2.22 bits per heavy atom. The lowest BCUT2D eigenvalue weighted by molar-refractivity contribution is 0.399. The molecule has 3 heterocycles. The summed E-state index contributed by atoms with van der Waals surface area (Å²) in [4.78, 5) is 15.2. The lowest BCUT2D eigenvalue weighted by Gasteiger charge is -2.12. The van der Waals surface area contributed by atoms with Crippen LogP contribution in [0, 0.1) is 5.92 Å². The summed E-state index contributed by atoms with van der Waals surface area (Å²) < 4.78 is 0. The minimum Gasteiger partial charge on any atom is -0.370 e.